The molecule has 0 bridgehead atoms. The lowest BCUT2D eigenvalue weighted by Crippen LogP contribution is -2.47. The number of amides is 1. The summed E-state index contributed by atoms with van der Waals surface area (Å²) in [6.45, 7) is 20.9. The van der Waals surface area contributed by atoms with Crippen molar-refractivity contribution in [2.24, 2.45) is 10.4 Å². The standard InChI is InChI=1S/C35H49N5O3S/c1-25-23-35(24-26(2)44(25,42)43,14-7-17-40-20-18-39(6)19-21-40)28-8-9-30(38-33(41)31-10-11-32(36-5)37-31)29(22-28)27-12-15-34(3,4)16-13-27/h8-9,11-12,22,25-26H,7,10,13-21,23-24H2,1-4,6H3,(H,38,41). The van der Waals surface area contributed by atoms with Crippen LogP contribution >= 0.6 is 0 Å². The Morgan fingerprint density at radius 1 is 1.11 bits per heavy atom. The van der Waals surface area contributed by atoms with E-state index in [2.05, 4.69) is 64.1 Å². The van der Waals surface area contributed by atoms with Gasteiger partial charge < -0.3 is 20.0 Å². The largest absolute Gasteiger partial charge is 0.361 e. The van der Waals surface area contributed by atoms with Crippen LogP contribution in [0.15, 0.2) is 41.2 Å². The van der Waals surface area contributed by atoms with Crippen LogP contribution in [0.2, 0.25) is 0 Å². The third kappa shape index (κ3) is 7.03. The summed E-state index contributed by atoms with van der Waals surface area (Å²) in [5.74, 6) is -0.0181. The zero-order valence-corrected chi connectivity index (χ0v) is 28.0. The van der Waals surface area contributed by atoms with Crippen LogP contribution in [0, 0.1) is 12.0 Å². The molecule has 2 fully saturated rings. The first-order chi connectivity index (χ1) is 20.8. The summed E-state index contributed by atoms with van der Waals surface area (Å²) < 4.78 is 26.4. The Morgan fingerprint density at radius 3 is 2.43 bits per heavy atom. The van der Waals surface area contributed by atoms with Crippen molar-refractivity contribution < 1.29 is 13.2 Å². The topological polar surface area (TPSA) is 86.4 Å². The smallest absolute Gasteiger partial charge is 0.293 e. The van der Waals surface area contributed by atoms with E-state index in [1.165, 1.54) is 11.1 Å². The SMILES string of the molecule is [C-]#[N+]C1=CCC(C(=O)Nc2ccc(C3(CCCN4CCN(C)CC4)CC(C)S(=O)(=O)C(C)C3)cc2C2=CCC(C)(C)CC2)=N1. The van der Waals surface area contributed by atoms with Gasteiger partial charge in [-0.15, -0.1) is 4.99 Å². The molecule has 0 radical (unpaired) electrons. The highest BCUT2D eigenvalue weighted by molar-refractivity contribution is 7.92. The van der Waals surface area contributed by atoms with E-state index in [0.717, 1.165) is 76.1 Å². The van der Waals surface area contributed by atoms with Crippen molar-refractivity contribution in [2.75, 3.05) is 45.1 Å². The second-order valence-corrected chi connectivity index (χ2v) is 17.2. The van der Waals surface area contributed by atoms with E-state index < -0.39 is 20.3 Å². The van der Waals surface area contributed by atoms with Crippen LogP contribution in [-0.4, -0.2) is 80.1 Å². The molecule has 3 aliphatic heterocycles. The van der Waals surface area contributed by atoms with Crippen LogP contribution in [-0.2, 0) is 20.0 Å². The van der Waals surface area contributed by atoms with Crippen LogP contribution in [0.1, 0.15) is 90.2 Å². The molecule has 9 heteroatoms. The number of aliphatic imine (C=N–C) groups is 1. The number of sulfone groups is 1. The first-order valence-corrected chi connectivity index (χ1v) is 17.9. The maximum atomic E-state index is 13.3. The Labute approximate surface area is 264 Å². The summed E-state index contributed by atoms with van der Waals surface area (Å²) >= 11 is 0. The van der Waals surface area contributed by atoms with E-state index in [9.17, 15) is 13.2 Å². The summed E-state index contributed by atoms with van der Waals surface area (Å²) in [7, 11) is -1.00. The molecule has 0 saturated carbocycles. The molecule has 0 spiro atoms. The summed E-state index contributed by atoms with van der Waals surface area (Å²) in [5.41, 5.74) is 4.51. The van der Waals surface area contributed by atoms with Crippen molar-refractivity contribution in [1.29, 1.82) is 0 Å². The van der Waals surface area contributed by atoms with E-state index in [0.29, 0.717) is 25.0 Å². The number of hydrogen-bond acceptors (Lipinski definition) is 6. The summed E-state index contributed by atoms with van der Waals surface area (Å²) in [6.07, 6.45) is 10.5. The zero-order valence-electron chi connectivity index (χ0n) is 27.2. The molecule has 1 aromatic carbocycles. The number of allylic oxidation sites excluding steroid dienone is 3. The van der Waals surface area contributed by atoms with Gasteiger partial charge in [0.15, 0.2) is 15.5 Å². The van der Waals surface area contributed by atoms with Crippen molar-refractivity contribution in [1.82, 2.24) is 9.80 Å². The van der Waals surface area contributed by atoms with Crippen molar-refractivity contribution in [3.05, 3.63) is 58.7 Å². The van der Waals surface area contributed by atoms with E-state index in [-0.39, 0.29) is 22.6 Å². The maximum Gasteiger partial charge on any atom is 0.293 e. The van der Waals surface area contributed by atoms with Gasteiger partial charge in [-0.2, -0.15) is 0 Å². The van der Waals surface area contributed by atoms with Gasteiger partial charge in [0.05, 0.1) is 10.5 Å². The molecule has 4 aliphatic rings. The fourth-order valence-electron chi connectivity index (χ4n) is 7.51. The monoisotopic (exact) mass is 619 g/mol. The lowest BCUT2D eigenvalue weighted by Gasteiger charge is -2.44. The minimum Gasteiger partial charge on any atom is -0.361 e. The lowest BCUT2D eigenvalue weighted by molar-refractivity contribution is -0.110. The molecule has 2 atom stereocenters. The summed E-state index contributed by atoms with van der Waals surface area (Å²) in [4.78, 5) is 25.7. The average molecular weight is 620 g/mol. The number of hydrogen-bond donors (Lipinski definition) is 1. The number of carbonyl (C=O) groups is 1. The molecule has 1 aliphatic carbocycles. The molecule has 3 heterocycles. The Hall–Kier alpha value is -2.80. The number of nitrogens with one attached hydrogen (secondary N) is 1. The second-order valence-electron chi connectivity index (χ2n) is 14.4. The van der Waals surface area contributed by atoms with Gasteiger partial charge in [-0.05, 0) is 106 Å². The van der Waals surface area contributed by atoms with Crippen molar-refractivity contribution in [3.8, 4) is 0 Å². The third-order valence-electron chi connectivity index (χ3n) is 10.5. The molecule has 8 nitrogen and oxygen atoms in total. The number of rotatable bonds is 8. The number of anilines is 1. The van der Waals surface area contributed by atoms with Gasteiger partial charge in [0.1, 0.15) is 0 Å². The molecule has 44 heavy (non-hydrogen) atoms. The molecule has 1 aromatic rings. The number of likely N-dealkylation sites (N-methyl/N-ethyl adjacent to an activating group) is 1. The fraction of sp³-hybridized carbons (Fsp3) is 0.629. The van der Waals surface area contributed by atoms with E-state index in [1.807, 2.05) is 19.9 Å². The molecule has 0 aromatic heterocycles. The average Bonchev–Trinajstić information content (AvgIpc) is 3.47. The predicted molar refractivity (Wildman–Crippen MR) is 179 cm³/mol. The predicted octanol–water partition coefficient (Wildman–Crippen LogP) is 6.07. The van der Waals surface area contributed by atoms with Gasteiger partial charge in [0.2, 0.25) is 0 Å². The number of piperazine rings is 1. The van der Waals surface area contributed by atoms with Gasteiger partial charge in [0.25, 0.3) is 11.7 Å². The van der Waals surface area contributed by atoms with Gasteiger partial charge in [-0.25, -0.2) is 8.42 Å². The summed E-state index contributed by atoms with van der Waals surface area (Å²) in [5, 5.41) is 2.31. The number of nitrogens with zero attached hydrogens (tertiary/aromatic N) is 4. The van der Waals surface area contributed by atoms with E-state index >= 15 is 0 Å². The Bertz CT molecular complexity index is 1490. The Kier molecular flexibility index (Phi) is 9.55. The van der Waals surface area contributed by atoms with Crippen molar-refractivity contribution in [3.63, 3.8) is 0 Å². The molecule has 238 valence electrons. The molecule has 1 amide bonds. The Balaban J connectivity index is 1.49. The Morgan fingerprint density at radius 2 is 1.82 bits per heavy atom. The fourth-order valence-corrected chi connectivity index (χ4v) is 9.40. The van der Waals surface area contributed by atoms with Crippen LogP contribution < -0.4 is 5.32 Å². The number of carbonyl (C=O) groups excluding carboxylic acids is 1. The summed E-state index contributed by atoms with van der Waals surface area (Å²) in [6, 6.07) is 6.40. The first-order valence-electron chi connectivity index (χ1n) is 16.3. The highest BCUT2D eigenvalue weighted by atomic mass is 32.2. The number of benzene rings is 1. The van der Waals surface area contributed by atoms with Gasteiger partial charge in [-0.1, -0.05) is 38.6 Å². The molecule has 2 unspecified atom stereocenters. The minimum absolute atomic E-state index is 0.234. The van der Waals surface area contributed by atoms with Crippen LogP contribution in [0.3, 0.4) is 0 Å². The lowest BCUT2D eigenvalue weighted by atomic mass is 9.68. The second kappa shape index (κ2) is 12.9. The van der Waals surface area contributed by atoms with Crippen molar-refractivity contribution >= 4 is 32.7 Å². The third-order valence-corrected chi connectivity index (χ3v) is 13.1. The highest BCUT2D eigenvalue weighted by Gasteiger charge is 2.46. The molecule has 1 N–H and O–H groups in total. The zero-order chi connectivity index (χ0) is 31.7. The maximum absolute atomic E-state index is 13.3. The van der Waals surface area contributed by atoms with E-state index in [1.54, 1.807) is 6.08 Å². The first kappa shape index (κ1) is 32.6. The molecule has 5 rings (SSSR count). The van der Waals surface area contributed by atoms with Crippen molar-refractivity contribution in [2.45, 2.75) is 95.0 Å². The quantitative estimate of drug-likeness (QED) is 0.357. The van der Waals surface area contributed by atoms with E-state index in [4.69, 9.17) is 6.57 Å². The van der Waals surface area contributed by atoms with Gasteiger partial charge >= 0.3 is 0 Å². The van der Waals surface area contributed by atoms with Crippen LogP contribution in [0.4, 0.5) is 5.69 Å². The molecular formula is C35H49N5O3S. The van der Waals surface area contributed by atoms with Gasteiger partial charge in [-0.3, -0.25) is 4.79 Å². The molecular weight excluding hydrogens is 570 g/mol. The normalized spacial score (nSPS) is 28.9. The van der Waals surface area contributed by atoms with Gasteiger partial charge in [0, 0.05) is 43.9 Å². The van der Waals surface area contributed by atoms with Crippen LogP contribution in [0.25, 0.3) is 10.4 Å². The van der Waals surface area contributed by atoms with Crippen LogP contribution in [0.5, 0.6) is 0 Å². The minimum atomic E-state index is -3.18. The highest BCUT2D eigenvalue weighted by Crippen LogP contribution is 2.48. The molecule has 2 saturated heterocycles.